The normalized spacial score (nSPS) is 16.2. The van der Waals surface area contributed by atoms with E-state index < -0.39 is 0 Å². The number of piperidine rings is 1. The highest BCUT2D eigenvalue weighted by molar-refractivity contribution is 9.10. The van der Waals surface area contributed by atoms with Crippen LogP contribution in [-0.2, 0) is 9.59 Å². The van der Waals surface area contributed by atoms with Crippen molar-refractivity contribution in [3.8, 4) is 0 Å². The van der Waals surface area contributed by atoms with E-state index >= 15 is 0 Å². The summed E-state index contributed by atoms with van der Waals surface area (Å²) < 4.78 is 0.916. The molecule has 2 aromatic carbocycles. The van der Waals surface area contributed by atoms with Gasteiger partial charge in [0.2, 0.25) is 11.8 Å². The number of anilines is 1. The summed E-state index contributed by atoms with van der Waals surface area (Å²) in [6, 6.07) is 13.9. The van der Waals surface area contributed by atoms with Crippen LogP contribution in [0.1, 0.15) is 23.2 Å². The summed E-state index contributed by atoms with van der Waals surface area (Å²) in [4.78, 5) is 38.9. The van der Waals surface area contributed by atoms with Crippen LogP contribution in [0.3, 0.4) is 0 Å². The molecule has 1 aliphatic rings. The second kappa shape index (κ2) is 9.89. The van der Waals surface area contributed by atoms with Gasteiger partial charge in [0, 0.05) is 33.8 Å². The number of nitrogens with one attached hydrogen (secondary N) is 2. The lowest BCUT2D eigenvalue weighted by molar-refractivity contribution is -0.128. The third-order valence-electron chi connectivity index (χ3n) is 4.72. The van der Waals surface area contributed by atoms with Crippen molar-refractivity contribution in [3.05, 3.63) is 63.6 Å². The van der Waals surface area contributed by atoms with Crippen molar-refractivity contribution in [1.82, 2.24) is 10.2 Å². The average Bonchev–Trinajstić information content (AvgIpc) is 2.74. The molecule has 1 saturated heterocycles. The number of hydrogen-bond acceptors (Lipinski definition) is 3. The first-order valence-electron chi connectivity index (χ1n) is 9.30. The van der Waals surface area contributed by atoms with Crippen LogP contribution in [0.5, 0.6) is 0 Å². The van der Waals surface area contributed by atoms with Gasteiger partial charge in [-0.3, -0.25) is 14.4 Å². The number of rotatable bonds is 5. The summed E-state index contributed by atoms with van der Waals surface area (Å²) in [5, 5.41) is 5.97. The van der Waals surface area contributed by atoms with Gasteiger partial charge in [0.05, 0.1) is 12.5 Å². The Hall–Kier alpha value is -2.38. The lowest BCUT2D eigenvalue weighted by Crippen LogP contribution is -2.46. The van der Waals surface area contributed by atoms with Crippen LogP contribution in [0.15, 0.2) is 53.0 Å². The number of carbonyl (C=O) groups is 3. The molecule has 0 aliphatic carbocycles. The van der Waals surface area contributed by atoms with Crippen molar-refractivity contribution in [3.63, 3.8) is 0 Å². The third-order valence-corrected chi connectivity index (χ3v) is 5.50. The van der Waals surface area contributed by atoms with Crippen LogP contribution in [0.4, 0.5) is 5.69 Å². The van der Waals surface area contributed by atoms with Gasteiger partial charge in [0.15, 0.2) is 0 Å². The van der Waals surface area contributed by atoms with Crippen LogP contribution in [0.2, 0.25) is 5.02 Å². The van der Waals surface area contributed by atoms with Crippen molar-refractivity contribution < 1.29 is 14.4 Å². The van der Waals surface area contributed by atoms with Gasteiger partial charge in [-0.2, -0.15) is 0 Å². The minimum absolute atomic E-state index is 0.115. The molecular formula is C21H21BrClN3O3. The second-order valence-corrected chi connectivity index (χ2v) is 8.22. The Labute approximate surface area is 182 Å². The highest BCUT2D eigenvalue weighted by Gasteiger charge is 2.29. The molecular weight excluding hydrogens is 458 g/mol. The molecule has 1 fully saturated rings. The molecule has 29 heavy (non-hydrogen) atoms. The number of benzene rings is 2. The van der Waals surface area contributed by atoms with E-state index in [0.29, 0.717) is 35.8 Å². The number of amides is 3. The highest BCUT2D eigenvalue weighted by atomic mass is 79.9. The maximum Gasteiger partial charge on any atom is 0.253 e. The van der Waals surface area contributed by atoms with Gasteiger partial charge in [-0.05, 0) is 61.4 Å². The lowest BCUT2D eigenvalue weighted by Gasteiger charge is -2.32. The molecule has 0 bridgehead atoms. The molecule has 8 heteroatoms. The quantitative estimate of drug-likeness (QED) is 0.688. The van der Waals surface area contributed by atoms with Gasteiger partial charge in [-0.25, -0.2) is 0 Å². The lowest BCUT2D eigenvalue weighted by atomic mass is 9.96. The Bertz CT molecular complexity index is 887. The first-order valence-corrected chi connectivity index (χ1v) is 10.5. The SMILES string of the molecule is O=C(CNC(=O)C1CCCN(C(=O)c2ccc(Cl)cc2)C1)Nc1ccc(Br)cc1. The van der Waals surface area contributed by atoms with Crippen LogP contribution in [0.25, 0.3) is 0 Å². The van der Waals surface area contributed by atoms with E-state index in [1.807, 2.05) is 12.1 Å². The molecule has 3 amide bonds. The highest BCUT2D eigenvalue weighted by Crippen LogP contribution is 2.20. The van der Waals surface area contributed by atoms with Crippen LogP contribution >= 0.6 is 27.5 Å². The minimum atomic E-state index is -0.333. The van der Waals surface area contributed by atoms with Crippen molar-refractivity contribution in [2.45, 2.75) is 12.8 Å². The average molecular weight is 479 g/mol. The topological polar surface area (TPSA) is 78.5 Å². The second-order valence-electron chi connectivity index (χ2n) is 6.87. The fourth-order valence-electron chi connectivity index (χ4n) is 3.20. The Kier molecular flexibility index (Phi) is 7.28. The monoisotopic (exact) mass is 477 g/mol. The molecule has 152 valence electrons. The zero-order valence-corrected chi connectivity index (χ0v) is 18.0. The van der Waals surface area contributed by atoms with E-state index in [0.717, 1.165) is 10.9 Å². The molecule has 0 radical (unpaired) electrons. The Morgan fingerprint density at radius 1 is 1.07 bits per heavy atom. The number of halogens is 2. The van der Waals surface area contributed by atoms with Crippen LogP contribution in [0, 0.1) is 5.92 Å². The molecule has 1 heterocycles. The van der Waals surface area contributed by atoms with E-state index in [1.165, 1.54) is 0 Å². The van der Waals surface area contributed by atoms with E-state index in [1.54, 1.807) is 41.3 Å². The van der Waals surface area contributed by atoms with E-state index in [2.05, 4.69) is 26.6 Å². The van der Waals surface area contributed by atoms with Gasteiger partial charge < -0.3 is 15.5 Å². The van der Waals surface area contributed by atoms with Crippen molar-refractivity contribution >= 4 is 50.9 Å². The van der Waals surface area contributed by atoms with Crippen molar-refractivity contribution in [2.24, 2.45) is 5.92 Å². The van der Waals surface area contributed by atoms with E-state index in [-0.39, 0.29) is 30.2 Å². The standard InChI is InChI=1S/C21H21BrClN3O3/c22-16-5-9-18(10-6-16)25-19(27)12-24-20(28)15-2-1-11-26(13-15)21(29)14-3-7-17(23)8-4-14/h3-10,15H,1-2,11-13H2,(H,24,28)(H,25,27). The van der Waals surface area contributed by atoms with Gasteiger partial charge in [0.25, 0.3) is 5.91 Å². The van der Waals surface area contributed by atoms with Gasteiger partial charge in [-0.1, -0.05) is 27.5 Å². The Balaban J connectivity index is 1.50. The van der Waals surface area contributed by atoms with Gasteiger partial charge >= 0.3 is 0 Å². The minimum Gasteiger partial charge on any atom is -0.347 e. The zero-order valence-electron chi connectivity index (χ0n) is 15.7. The maximum absolute atomic E-state index is 12.7. The molecule has 3 rings (SSSR count). The molecule has 2 aromatic rings. The van der Waals surface area contributed by atoms with Crippen LogP contribution < -0.4 is 10.6 Å². The van der Waals surface area contributed by atoms with E-state index in [9.17, 15) is 14.4 Å². The predicted octanol–water partition coefficient (Wildman–Crippen LogP) is 3.71. The van der Waals surface area contributed by atoms with Gasteiger partial charge in [-0.15, -0.1) is 0 Å². The van der Waals surface area contributed by atoms with Crippen LogP contribution in [-0.4, -0.2) is 42.3 Å². The molecule has 6 nitrogen and oxygen atoms in total. The zero-order chi connectivity index (χ0) is 20.8. The van der Waals surface area contributed by atoms with Crippen molar-refractivity contribution in [2.75, 3.05) is 25.0 Å². The van der Waals surface area contributed by atoms with Gasteiger partial charge in [0.1, 0.15) is 0 Å². The predicted molar refractivity (Wildman–Crippen MR) is 116 cm³/mol. The Morgan fingerprint density at radius 3 is 2.45 bits per heavy atom. The largest absolute Gasteiger partial charge is 0.347 e. The number of likely N-dealkylation sites (tertiary alicyclic amines) is 1. The molecule has 0 aromatic heterocycles. The maximum atomic E-state index is 12.7. The molecule has 1 atom stereocenters. The summed E-state index contributed by atoms with van der Waals surface area (Å²) in [6.07, 6.45) is 1.42. The first kappa shape index (κ1) is 21.3. The molecule has 1 unspecified atom stereocenters. The fourth-order valence-corrected chi connectivity index (χ4v) is 3.59. The fraction of sp³-hybridized carbons (Fsp3) is 0.286. The molecule has 0 spiro atoms. The Morgan fingerprint density at radius 2 is 1.76 bits per heavy atom. The summed E-state index contributed by atoms with van der Waals surface area (Å²) >= 11 is 9.21. The van der Waals surface area contributed by atoms with Crippen molar-refractivity contribution in [1.29, 1.82) is 0 Å². The number of carbonyl (C=O) groups excluding carboxylic acids is 3. The summed E-state index contributed by atoms with van der Waals surface area (Å²) in [6.45, 7) is 0.827. The third kappa shape index (κ3) is 6.05. The summed E-state index contributed by atoms with van der Waals surface area (Å²) in [5.74, 6) is -0.970. The number of nitrogens with zero attached hydrogens (tertiary/aromatic N) is 1. The first-order chi connectivity index (χ1) is 13.9. The van der Waals surface area contributed by atoms with E-state index in [4.69, 9.17) is 11.6 Å². The summed E-state index contributed by atoms with van der Waals surface area (Å²) in [5.41, 5.74) is 1.20. The number of hydrogen-bond donors (Lipinski definition) is 2. The molecule has 0 saturated carbocycles. The summed E-state index contributed by atoms with van der Waals surface area (Å²) in [7, 11) is 0. The molecule has 2 N–H and O–H groups in total. The molecule has 1 aliphatic heterocycles. The smallest absolute Gasteiger partial charge is 0.253 e.